The number of fused-ring (bicyclic) bond motifs is 3. The average Bonchev–Trinajstić information content (AvgIpc) is 2.72. The van der Waals surface area contributed by atoms with Gasteiger partial charge in [-0.3, -0.25) is 4.98 Å². The first-order valence-corrected chi connectivity index (χ1v) is 10.9. The van der Waals surface area contributed by atoms with Crippen LogP contribution >= 0.6 is 0 Å². The van der Waals surface area contributed by atoms with Crippen molar-refractivity contribution in [3.63, 3.8) is 0 Å². The monoisotopic (exact) mass is 412 g/mol. The molecule has 0 spiro atoms. The van der Waals surface area contributed by atoms with E-state index in [2.05, 4.69) is 16.4 Å². The van der Waals surface area contributed by atoms with Crippen molar-refractivity contribution < 1.29 is 19.0 Å². The lowest BCUT2D eigenvalue weighted by molar-refractivity contribution is 0.0475. The van der Waals surface area contributed by atoms with E-state index < -0.39 is 5.60 Å². The number of carbonyl (C=O) groups excluding carboxylic acids is 1. The lowest BCUT2D eigenvalue weighted by atomic mass is 9.75. The van der Waals surface area contributed by atoms with Gasteiger partial charge in [0.15, 0.2) is 0 Å². The minimum absolute atomic E-state index is 0.196. The van der Waals surface area contributed by atoms with Gasteiger partial charge in [-0.25, -0.2) is 4.79 Å². The van der Waals surface area contributed by atoms with E-state index in [4.69, 9.17) is 14.2 Å². The Balaban J connectivity index is 1.40. The van der Waals surface area contributed by atoms with Crippen molar-refractivity contribution in [2.45, 2.75) is 64.5 Å². The van der Waals surface area contributed by atoms with Gasteiger partial charge in [0.25, 0.3) is 0 Å². The molecular formula is C24H32N2O4. The quantitative estimate of drug-likeness (QED) is 0.778. The maximum atomic E-state index is 12.1. The van der Waals surface area contributed by atoms with Gasteiger partial charge in [-0.15, -0.1) is 0 Å². The molecule has 0 saturated heterocycles. The molecule has 2 heterocycles. The molecule has 2 aliphatic rings. The van der Waals surface area contributed by atoms with Gasteiger partial charge in [0.1, 0.15) is 17.1 Å². The van der Waals surface area contributed by atoms with Crippen LogP contribution in [0.5, 0.6) is 11.5 Å². The maximum Gasteiger partial charge on any atom is 0.407 e. The Morgan fingerprint density at radius 3 is 2.63 bits per heavy atom. The molecule has 1 amide bonds. The summed E-state index contributed by atoms with van der Waals surface area (Å²) in [6, 6.07) is 6.21. The van der Waals surface area contributed by atoms with Crippen molar-refractivity contribution >= 4 is 17.0 Å². The molecule has 2 aromatic rings. The highest BCUT2D eigenvalue weighted by Crippen LogP contribution is 2.40. The molecule has 4 rings (SSSR count). The highest BCUT2D eigenvalue weighted by atomic mass is 16.6. The van der Waals surface area contributed by atoms with Gasteiger partial charge >= 0.3 is 6.09 Å². The number of ether oxygens (including phenoxy) is 3. The van der Waals surface area contributed by atoms with Gasteiger partial charge < -0.3 is 19.5 Å². The fourth-order valence-corrected chi connectivity index (χ4v) is 4.70. The van der Waals surface area contributed by atoms with Crippen LogP contribution in [0.3, 0.4) is 0 Å². The van der Waals surface area contributed by atoms with Crippen molar-refractivity contribution in [3.8, 4) is 11.5 Å². The number of methoxy groups -OCH3 is 1. The molecule has 1 unspecified atom stereocenters. The standard InChI is InChI=1S/C24H32N2O4/c1-24(2,3)30-23(27)26-17-7-5-15(6-8-17)16-11-20-19-12-18(28-4)9-10-21(19)25-13-22(20)29-14-16/h9-10,12-13,15-17H,5-8,11,14H2,1-4H3,(H,26,27). The van der Waals surface area contributed by atoms with Gasteiger partial charge in [-0.2, -0.15) is 0 Å². The van der Waals surface area contributed by atoms with Crippen molar-refractivity contribution in [1.29, 1.82) is 0 Å². The lowest BCUT2D eigenvalue weighted by Crippen LogP contribution is -2.42. The fraction of sp³-hybridized carbons (Fsp3) is 0.583. The summed E-state index contributed by atoms with van der Waals surface area (Å²) in [5.74, 6) is 2.82. The van der Waals surface area contributed by atoms with Crippen LogP contribution in [-0.4, -0.2) is 36.4 Å². The molecule has 1 N–H and O–H groups in total. The summed E-state index contributed by atoms with van der Waals surface area (Å²) in [4.78, 5) is 16.6. The normalized spacial score (nSPS) is 23.9. The Labute approximate surface area is 178 Å². The number of carbonyl (C=O) groups is 1. The lowest BCUT2D eigenvalue weighted by Gasteiger charge is -2.36. The minimum atomic E-state index is -0.464. The van der Waals surface area contributed by atoms with Crippen LogP contribution in [0.15, 0.2) is 24.4 Å². The van der Waals surface area contributed by atoms with E-state index in [1.165, 1.54) is 5.56 Å². The summed E-state index contributed by atoms with van der Waals surface area (Å²) in [5.41, 5.74) is 1.75. The molecule has 6 heteroatoms. The van der Waals surface area contributed by atoms with E-state index in [9.17, 15) is 4.79 Å². The summed E-state index contributed by atoms with van der Waals surface area (Å²) < 4.78 is 16.9. The predicted molar refractivity (Wildman–Crippen MR) is 116 cm³/mol. The number of pyridine rings is 1. The summed E-state index contributed by atoms with van der Waals surface area (Å²) in [5, 5.41) is 4.16. The molecule has 30 heavy (non-hydrogen) atoms. The maximum absolute atomic E-state index is 12.1. The summed E-state index contributed by atoms with van der Waals surface area (Å²) in [6.07, 6.45) is 6.69. The SMILES string of the molecule is COc1ccc2ncc3c(c2c1)CC(C1CCC(NC(=O)OC(C)(C)C)CC1)CO3. The number of hydrogen-bond acceptors (Lipinski definition) is 5. The van der Waals surface area contributed by atoms with Gasteiger partial charge in [0.2, 0.25) is 0 Å². The van der Waals surface area contributed by atoms with Crippen LogP contribution in [-0.2, 0) is 11.2 Å². The zero-order valence-corrected chi connectivity index (χ0v) is 18.4. The first-order chi connectivity index (χ1) is 14.3. The van der Waals surface area contributed by atoms with E-state index in [0.717, 1.165) is 61.1 Å². The predicted octanol–water partition coefficient (Wildman–Crippen LogP) is 4.88. The number of nitrogens with one attached hydrogen (secondary N) is 1. The Morgan fingerprint density at radius 1 is 1.17 bits per heavy atom. The number of benzene rings is 1. The number of hydrogen-bond donors (Lipinski definition) is 1. The molecule has 0 bridgehead atoms. The zero-order chi connectivity index (χ0) is 21.3. The van der Waals surface area contributed by atoms with Crippen LogP contribution in [0.1, 0.15) is 52.0 Å². The highest BCUT2D eigenvalue weighted by molar-refractivity contribution is 5.85. The van der Waals surface area contributed by atoms with Crippen molar-refractivity contribution in [3.05, 3.63) is 30.0 Å². The second-order valence-corrected chi connectivity index (χ2v) is 9.52. The first-order valence-electron chi connectivity index (χ1n) is 10.9. The molecular weight excluding hydrogens is 380 g/mol. The molecule has 1 fully saturated rings. The molecule has 0 radical (unpaired) electrons. The number of aromatic nitrogens is 1. The number of rotatable bonds is 3. The molecule has 6 nitrogen and oxygen atoms in total. The molecule has 1 saturated carbocycles. The summed E-state index contributed by atoms with van der Waals surface area (Å²) in [7, 11) is 1.69. The van der Waals surface area contributed by atoms with E-state index in [-0.39, 0.29) is 12.1 Å². The molecule has 1 aliphatic heterocycles. The van der Waals surface area contributed by atoms with Gasteiger partial charge in [-0.05, 0) is 77.0 Å². The third kappa shape index (κ3) is 4.63. The minimum Gasteiger partial charge on any atom is -0.497 e. The second kappa shape index (κ2) is 8.32. The number of alkyl carbamates (subject to hydrolysis) is 1. The summed E-state index contributed by atoms with van der Waals surface area (Å²) in [6.45, 7) is 6.40. The zero-order valence-electron chi connectivity index (χ0n) is 18.4. The van der Waals surface area contributed by atoms with E-state index in [1.54, 1.807) is 7.11 Å². The van der Waals surface area contributed by atoms with E-state index in [0.29, 0.717) is 11.8 Å². The topological polar surface area (TPSA) is 69.7 Å². The molecule has 1 aromatic heterocycles. The van der Waals surface area contributed by atoms with Crippen molar-refractivity contribution in [2.24, 2.45) is 11.8 Å². The summed E-state index contributed by atoms with van der Waals surface area (Å²) >= 11 is 0. The Hall–Kier alpha value is -2.50. The Morgan fingerprint density at radius 2 is 1.93 bits per heavy atom. The van der Waals surface area contributed by atoms with Crippen LogP contribution in [0, 0.1) is 11.8 Å². The molecule has 1 aliphatic carbocycles. The van der Waals surface area contributed by atoms with Crippen LogP contribution < -0.4 is 14.8 Å². The largest absolute Gasteiger partial charge is 0.497 e. The average molecular weight is 413 g/mol. The second-order valence-electron chi connectivity index (χ2n) is 9.52. The number of amides is 1. The van der Waals surface area contributed by atoms with Crippen LogP contribution in [0.25, 0.3) is 10.9 Å². The Bertz CT molecular complexity index is 908. The molecule has 162 valence electrons. The van der Waals surface area contributed by atoms with Crippen LogP contribution in [0.2, 0.25) is 0 Å². The van der Waals surface area contributed by atoms with E-state index in [1.807, 2.05) is 39.1 Å². The van der Waals surface area contributed by atoms with E-state index >= 15 is 0 Å². The van der Waals surface area contributed by atoms with Gasteiger partial charge in [0.05, 0.1) is 25.4 Å². The van der Waals surface area contributed by atoms with Gasteiger partial charge in [0, 0.05) is 22.9 Å². The highest BCUT2D eigenvalue weighted by Gasteiger charge is 2.33. The Kier molecular flexibility index (Phi) is 5.76. The third-order valence-corrected chi connectivity index (χ3v) is 6.23. The smallest absolute Gasteiger partial charge is 0.407 e. The molecule has 1 atom stereocenters. The van der Waals surface area contributed by atoms with Crippen molar-refractivity contribution in [2.75, 3.05) is 13.7 Å². The first kappa shape index (κ1) is 20.8. The number of nitrogens with zero attached hydrogens (tertiary/aromatic N) is 1. The van der Waals surface area contributed by atoms with Crippen LogP contribution in [0.4, 0.5) is 4.79 Å². The molecule has 1 aromatic carbocycles. The third-order valence-electron chi connectivity index (χ3n) is 6.23. The van der Waals surface area contributed by atoms with Crippen molar-refractivity contribution in [1.82, 2.24) is 10.3 Å². The van der Waals surface area contributed by atoms with Gasteiger partial charge in [-0.1, -0.05) is 0 Å². The fourth-order valence-electron chi connectivity index (χ4n) is 4.70.